The first-order valence-electron chi connectivity index (χ1n) is 9.47. The van der Waals surface area contributed by atoms with Gasteiger partial charge in [-0.2, -0.15) is 5.26 Å². The molecular formula is C21H23N3O3S2. The van der Waals surface area contributed by atoms with E-state index in [0.29, 0.717) is 22.0 Å². The number of hydrogen-bond acceptors (Lipinski definition) is 6. The number of rotatable bonds is 8. The van der Waals surface area contributed by atoms with Crippen LogP contribution < -0.4 is 10.6 Å². The van der Waals surface area contributed by atoms with E-state index in [1.54, 1.807) is 30.3 Å². The average molecular weight is 430 g/mol. The number of carbonyl (C=O) groups excluding carboxylic acids is 1. The standard InChI is InChI=1S/C21H23N3O3S2/c22-13-14-28-20-8-4-3-7-19(20)24-21(25)15-23-16-9-11-18(12-10-16)29(26,27)17-5-1-2-6-17/h3-4,7-12,17,23H,1-2,5-6,14-15H2,(H,24,25). The molecule has 8 heteroatoms. The van der Waals surface area contributed by atoms with Gasteiger partial charge in [-0.15, -0.1) is 11.8 Å². The molecule has 3 rings (SSSR count). The zero-order valence-electron chi connectivity index (χ0n) is 15.9. The van der Waals surface area contributed by atoms with Crippen LogP contribution in [-0.4, -0.2) is 31.9 Å². The van der Waals surface area contributed by atoms with Crippen LogP contribution in [0.25, 0.3) is 0 Å². The highest BCUT2D eigenvalue weighted by molar-refractivity contribution is 7.99. The molecule has 0 aromatic heterocycles. The molecule has 0 bridgehead atoms. The summed E-state index contributed by atoms with van der Waals surface area (Å²) in [4.78, 5) is 13.4. The largest absolute Gasteiger partial charge is 0.376 e. The number of para-hydroxylation sites is 1. The SMILES string of the molecule is N#CCSc1ccccc1NC(=O)CNc1ccc(S(=O)(=O)C2CCCC2)cc1. The third kappa shape index (κ3) is 5.52. The van der Waals surface area contributed by atoms with Crippen LogP contribution in [0.1, 0.15) is 25.7 Å². The Balaban J connectivity index is 1.56. The maximum Gasteiger partial charge on any atom is 0.243 e. The summed E-state index contributed by atoms with van der Waals surface area (Å²) in [5.74, 6) is 0.0824. The van der Waals surface area contributed by atoms with Gasteiger partial charge in [0.1, 0.15) is 0 Å². The number of nitrogens with zero attached hydrogens (tertiary/aromatic N) is 1. The Labute approximate surface area is 175 Å². The van der Waals surface area contributed by atoms with Crippen LogP contribution in [0, 0.1) is 11.3 Å². The second-order valence-corrected chi connectivity index (χ2v) is 10.1. The number of anilines is 2. The number of hydrogen-bond donors (Lipinski definition) is 2. The van der Waals surface area contributed by atoms with E-state index >= 15 is 0 Å². The second-order valence-electron chi connectivity index (χ2n) is 6.82. The lowest BCUT2D eigenvalue weighted by atomic mass is 10.3. The fourth-order valence-electron chi connectivity index (χ4n) is 3.34. The molecule has 2 aromatic carbocycles. The summed E-state index contributed by atoms with van der Waals surface area (Å²) in [6.45, 7) is 0.0476. The molecule has 2 N–H and O–H groups in total. The minimum absolute atomic E-state index is 0.0476. The van der Waals surface area contributed by atoms with Crippen molar-refractivity contribution >= 4 is 38.9 Å². The highest BCUT2D eigenvalue weighted by Crippen LogP contribution is 2.30. The number of amides is 1. The summed E-state index contributed by atoms with van der Waals surface area (Å²) in [5.41, 5.74) is 1.34. The smallest absolute Gasteiger partial charge is 0.243 e. The van der Waals surface area contributed by atoms with Crippen molar-refractivity contribution in [1.82, 2.24) is 0 Å². The molecule has 1 saturated carbocycles. The molecule has 6 nitrogen and oxygen atoms in total. The first-order chi connectivity index (χ1) is 14.0. The van der Waals surface area contributed by atoms with Crippen molar-refractivity contribution in [3.63, 3.8) is 0 Å². The molecule has 0 unspecified atom stereocenters. The van der Waals surface area contributed by atoms with Crippen LogP contribution in [0.15, 0.2) is 58.3 Å². The van der Waals surface area contributed by atoms with E-state index in [0.717, 1.165) is 30.6 Å². The lowest BCUT2D eigenvalue weighted by Crippen LogP contribution is -2.22. The summed E-state index contributed by atoms with van der Waals surface area (Å²) >= 11 is 1.36. The van der Waals surface area contributed by atoms with Crippen molar-refractivity contribution in [2.24, 2.45) is 0 Å². The van der Waals surface area contributed by atoms with E-state index in [2.05, 4.69) is 16.7 Å². The molecule has 1 fully saturated rings. The molecule has 29 heavy (non-hydrogen) atoms. The van der Waals surface area contributed by atoms with E-state index in [1.165, 1.54) is 11.8 Å². The van der Waals surface area contributed by atoms with Gasteiger partial charge in [0, 0.05) is 10.6 Å². The maximum atomic E-state index is 12.6. The van der Waals surface area contributed by atoms with Crippen LogP contribution in [0.4, 0.5) is 11.4 Å². The van der Waals surface area contributed by atoms with E-state index in [1.807, 2.05) is 18.2 Å². The number of benzene rings is 2. The van der Waals surface area contributed by atoms with Crippen LogP contribution >= 0.6 is 11.8 Å². The summed E-state index contributed by atoms with van der Waals surface area (Å²) in [5, 5.41) is 14.3. The summed E-state index contributed by atoms with van der Waals surface area (Å²) in [6, 6.07) is 16.0. The van der Waals surface area contributed by atoms with Gasteiger partial charge < -0.3 is 10.6 Å². The topological polar surface area (TPSA) is 99.1 Å². The van der Waals surface area contributed by atoms with Crippen molar-refractivity contribution in [1.29, 1.82) is 5.26 Å². The Morgan fingerprint density at radius 2 is 1.79 bits per heavy atom. The van der Waals surface area contributed by atoms with Crippen LogP contribution in [0.5, 0.6) is 0 Å². The highest BCUT2D eigenvalue weighted by atomic mass is 32.2. The Morgan fingerprint density at radius 3 is 2.48 bits per heavy atom. The second kappa shape index (κ2) is 9.81. The highest BCUT2D eigenvalue weighted by Gasteiger charge is 2.30. The third-order valence-corrected chi connectivity index (χ3v) is 8.05. The minimum atomic E-state index is -3.27. The zero-order chi connectivity index (χ0) is 20.7. The first kappa shape index (κ1) is 21.2. The molecule has 152 valence electrons. The van der Waals surface area contributed by atoms with Crippen LogP contribution in [-0.2, 0) is 14.6 Å². The molecule has 0 atom stereocenters. The van der Waals surface area contributed by atoms with Crippen molar-refractivity contribution in [2.75, 3.05) is 22.9 Å². The number of nitriles is 1. The predicted molar refractivity (Wildman–Crippen MR) is 116 cm³/mol. The Morgan fingerprint density at radius 1 is 1.10 bits per heavy atom. The van der Waals surface area contributed by atoms with Gasteiger partial charge >= 0.3 is 0 Å². The molecule has 0 heterocycles. The lowest BCUT2D eigenvalue weighted by molar-refractivity contribution is -0.114. The van der Waals surface area contributed by atoms with Gasteiger partial charge in [0.05, 0.1) is 34.2 Å². The number of carbonyl (C=O) groups is 1. The predicted octanol–water partition coefficient (Wildman–Crippen LogP) is 4.07. The van der Waals surface area contributed by atoms with Gasteiger partial charge in [-0.1, -0.05) is 25.0 Å². The fourth-order valence-corrected chi connectivity index (χ4v) is 5.86. The number of thioether (sulfide) groups is 1. The molecule has 0 aliphatic heterocycles. The number of sulfone groups is 1. The van der Waals surface area contributed by atoms with E-state index in [-0.39, 0.29) is 17.7 Å². The monoisotopic (exact) mass is 429 g/mol. The molecule has 0 saturated heterocycles. The van der Waals surface area contributed by atoms with Crippen molar-refractivity contribution in [3.05, 3.63) is 48.5 Å². The van der Waals surface area contributed by atoms with Crippen LogP contribution in [0.3, 0.4) is 0 Å². The number of nitrogens with one attached hydrogen (secondary N) is 2. The maximum absolute atomic E-state index is 12.6. The first-order valence-corrected chi connectivity index (χ1v) is 12.0. The van der Waals surface area contributed by atoms with Crippen molar-refractivity contribution < 1.29 is 13.2 Å². The minimum Gasteiger partial charge on any atom is -0.376 e. The van der Waals surface area contributed by atoms with E-state index in [4.69, 9.17) is 5.26 Å². The van der Waals surface area contributed by atoms with Gasteiger partial charge in [-0.05, 0) is 49.2 Å². The van der Waals surface area contributed by atoms with Gasteiger partial charge in [-0.3, -0.25) is 4.79 Å². The summed E-state index contributed by atoms with van der Waals surface area (Å²) < 4.78 is 25.2. The van der Waals surface area contributed by atoms with Gasteiger partial charge in [-0.25, -0.2) is 8.42 Å². The van der Waals surface area contributed by atoms with Crippen LogP contribution in [0.2, 0.25) is 0 Å². The quantitative estimate of drug-likeness (QED) is 0.614. The summed E-state index contributed by atoms with van der Waals surface area (Å²) in [7, 11) is -3.27. The molecule has 0 radical (unpaired) electrons. The van der Waals surface area contributed by atoms with E-state index < -0.39 is 9.84 Å². The van der Waals surface area contributed by atoms with Gasteiger partial charge in [0.15, 0.2) is 9.84 Å². The summed E-state index contributed by atoms with van der Waals surface area (Å²) in [6.07, 6.45) is 3.40. The molecular weight excluding hydrogens is 406 g/mol. The fraction of sp³-hybridized carbons (Fsp3) is 0.333. The van der Waals surface area contributed by atoms with Gasteiger partial charge in [0.2, 0.25) is 5.91 Å². The molecule has 1 aliphatic carbocycles. The Kier molecular flexibility index (Phi) is 7.18. The van der Waals surface area contributed by atoms with Crippen molar-refractivity contribution in [2.45, 2.75) is 40.7 Å². The van der Waals surface area contributed by atoms with Gasteiger partial charge in [0.25, 0.3) is 0 Å². The third-order valence-electron chi connectivity index (χ3n) is 4.83. The molecule has 1 aliphatic rings. The molecule has 0 spiro atoms. The molecule has 1 amide bonds. The average Bonchev–Trinajstić information content (AvgIpc) is 3.28. The van der Waals surface area contributed by atoms with Crippen molar-refractivity contribution in [3.8, 4) is 6.07 Å². The Hall–Kier alpha value is -2.50. The normalized spacial score (nSPS) is 14.3. The van der Waals surface area contributed by atoms with E-state index in [9.17, 15) is 13.2 Å². The lowest BCUT2D eigenvalue weighted by Gasteiger charge is -2.13. The Bertz CT molecular complexity index is 993. The zero-order valence-corrected chi connectivity index (χ0v) is 17.6. The molecule has 2 aromatic rings.